The summed E-state index contributed by atoms with van der Waals surface area (Å²) in [6.07, 6.45) is 3.49. The van der Waals surface area contributed by atoms with Gasteiger partial charge in [-0.05, 0) is 49.9 Å². The van der Waals surface area contributed by atoms with Crippen molar-refractivity contribution in [1.82, 2.24) is 5.32 Å². The summed E-state index contributed by atoms with van der Waals surface area (Å²) in [5.41, 5.74) is 1.33. The molecule has 1 N–H and O–H groups in total. The molecule has 0 bridgehead atoms. The molecule has 1 heterocycles. The molecule has 1 fully saturated rings. The van der Waals surface area contributed by atoms with Gasteiger partial charge >= 0.3 is 0 Å². The third-order valence-corrected chi connectivity index (χ3v) is 3.76. The lowest BCUT2D eigenvalue weighted by Gasteiger charge is -2.30. The van der Waals surface area contributed by atoms with Crippen molar-refractivity contribution in [1.29, 1.82) is 0 Å². The fourth-order valence-electron chi connectivity index (χ4n) is 2.46. The van der Waals surface area contributed by atoms with Gasteiger partial charge in [0.1, 0.15) is 0 Å². The van der Waals surface area contributed by atoms with E-state index in [2.05, 4.69) is 17.4 Å². The number of hydrogen-bond donors (Lipinski definition) is 1. The first-order valence-corrected chi connectivity index (χ1v) is 6.67. The second-order valence-corrected chi connectivity index (χ2v) is 5.14. The molecule has 94 valence electrons. The van der Waals surface area contributed by atoms with E-state index >= 15 is 0 Å². The van der Waals surface area contributed by atoms with Crippen LogP contribution in [0.3, 0.4) is 0 Å². The highest BCUT2D eigenvalue weighted by molar-refractivity contribution is 6.30. The fourth-order valence-corrected chi connectivity index (χ4v) is 2.59. The molecular weight excluding hydrogens is 234 g/mol. The molecule has 1 aromatic carbocycles. The Labute approximate surface area is 108 Å². The molecule has 3 heteroatoms. The number of hydrogen-bond acceptors (Lipinski definition) is 2. The van der Waals surface area contributed by atoms with Crippen molar-refractivity contribution in [3.63, 3.8) is 0 Å². The molecule has 1 aliphatic rings. The molecule has 2 rings (SSSR count). The lowest BCUT2D eigenvalue weighted by atomic mass is 9.89. The van der Waals surface area contributed by atoms with Crippen molar-refractivity contribution in [2.24, 2.45) is 5.92 Å². The number of ether oxygens (including phenoxy) is 1. The average Bonchev–Trinajstić information content (AvgIpc) is 2.39. The van der Waals surface area contributed by atoms with E-state index in [0.29, 0.717) is 12.0 Å². The molecule has 0 amide bonds. The average molecular weight is 254 g/mol. The van der Waals surface area contributed by atoms with Gasteiger partial charge in [-0.3, -0.25) is 0 Å². The minimum Gasteiger partial charge on any atom is -0.381 e. The van der Waals surface area contributed by atoms with Crippen molar-refractivity contribution in [2.45, 2.75) is 25.3 Å². The van der Waals surface area contributed by atoms with Gasteiger partial charge in [0.25, 0.3) is 0 Å². The molecular formula is C14H20ClNO. The van der Waals surface area contributed by atoms with Crippen LogP contribution in [0.5, 0.6) is 0 Å². The molecule has 0 spiro atoms. The van der Waals surface area contributed by atoms with Gasteiger partial charge < -0.3 is 10.1 Å². The second-order valence-electron chi connectivity index (χ2n) is 4.70. The van der Waals surface area contributed by atoms with Gasteiger partial charge in [0.05, 0.1) is 6.61 Å². The Kier molecular flexibility index (Phi) is 4.84. The summed E-state index contributed by atoms with van der Waals surface area (Å²) in [7, 11) is 2.04. The summed E-state index contributed by atoms with van der Waals surface area (Å²) in [6, 6.07) is 8.63. The molecule has 0 aliphatic carbocycles. The SMILES string of the molecule is CNC(Cc1ccc(Cl)cc1)C1CCCOC1. The predicted molar refractivity (Wildman–Crippen MR) is 71.5 cm³/mol. The largest absolute Gasteiger partial charge is 0.381 e. The van der Waals surface area contributed by atoms with Crippen LogP contribution in [0.1, 0.15) is 18.4 Å². The summed E-state index contributed by atoms with van der Waals surface area (Å²) in [5, 5.41) is 4.22. The van der Waals surface area contributed by atoms with Crippen LogP contribution in [0.25, 0.3) is 0 Å². The monoisotopic (exact) mass is 253 g/mol. The van der Waals surface area contributed by atoms with E-state index < -0.39 is 0 Å². The highest BCUT2D eigenvalue weighted by Gasteiger charge is 2.22. The van der Waals surface area contributed by atoms with Crippen molar-refractivity contribution < 1.29 is 4.74 Å². The van der Waals surface area contributed by atoms with E-state index in [4.69, 9.17) is 16.3 Å². The van der Waals surface area contributed by atoms with E-state index in [0.717, 1.165) is 24.7 Å². The number of benzene rings is 1. The van der Waals surface area contributed by atoms with Gasteiger partial charge in [0.2, 0.25) is 0 Å². The lowest BCUT2D eigenvalue weighted by Crippen LogP contribution is -2.39. The van der Waals surface area contributed by atoms with Crippen LogP contribution in [0.4, 0.5) is 0 Å². The van der Waals surface area contributed by atoms with E-state index in [-0.39, 0.29) is 0 Å². The summed E-state index contributed by atoms with van der Waals surface area (Å²) >= 11 is 5.90. The third-order valence-electron chi connectivity index (χ3n) is 3.50. The second kappa shape index (κ2) is 6.39. The summed E-state index contributed by atoms with van der Waals surface area (Å²) in [4.78, 5) is 0. The quantitative estimate of drug-likeness (QED) is 0.891. The van der Waals surface area contributed by atoms with Crippen LogP contribution in [0.2, 0.25) is 5.02 Å². The molecule has 17 heavy (non-hydrogen) atoms. The molecule has 2 nitrogen and oxygen atoms in total. The molecule has 2 atom stereocenters. The lowest BCUT2D eigenvalue weighted by molar-refractivity contribution is 0.0405. The van der Waals surface area contributed by atoms with Gasteiger partial charge in [-0.2, -0.15) is 0 Å². The number of halogens is 1. The Hall–Kier alpha value is -0.570. The van der Waals surface area contributed by atoms with Crippen molar-refractivity contribution in [2.75, 3.05) is 20.3 Å². The van der Waals surface area contributed by atoms with Crippen molar-refractivity contribution in [3.05, 3.63) is 34.9 Å². The molecule has 1 saturated heterocycles. The molecule has 1 aliphatic heterocycles. The van der Waals surface area contributed by atoms with Crippen LogP contribution in [-0.2, 0) is 11.2 Å². The van der Waals surface area contributed by atoms with Gasteiger partial charge in [-0.15, -0.1) is 0 Å². The minimum atomic E-state index is 0.497. The number of rotatable bonds is 4. The highest BCUT2D eigenvalue weighted by atomic mass is 35.5. The van der Waals surface area contributed by atoms with Crippen molar-refractivity contribution in [3.8, 4) is 0 Å². The molecule has 2 unspecified atom stereocenters. The van der Waals surface area contributed by atoms with Gasteiger partial charge in [-0.1, -0.05) is 23.7 Å². The maximum Gasteiger partial charge on any atom is 0.0509 e. The zero-order valence-corrected chi connectivity index (χ0v) is 11.0. The maximum atomic E-state index is 5.90. The Morgan fingerprint density at radius 1 is 1.41 bits per heavy atom. The van der Waals surface area contributed by atoms with Gasteiger partial charge in [0, 0.05) is 17.7 Å². The molecule has 0 aromatic heterocycles. The molecule has 0 saturated carbocycles. The van der Waals surface area contributed by atoms with Crippen LogP contribution in [0.15, 0.2) is 24.3 Å². The van der Waals surface area contributed by atoms with E-state index in [1.807, 2.05) is 19.2 Å². The first-order valence-electron chi connectivity index (χ1n) is 6.29. The standard InChI is InChI=1S/C14H20ClNO/c1-16-14(12-3-2-8-17-10-12)9-11-4-6-13(15)7-5-11/h4-7,12,14,16H,2-3,8-10H2,1H3. The van der Waals surface area contributed by atoms with E-state index in [1.165, 1.54) is 18.4 Å². The van der Waals surface area contributed by atoms with Crippen LogP contribution >= 0.6 is 11.6 Å². The Morgan fingerprint density at radius 3 is 2.76 bits per heavy atom. The van der Waals surface area contributed by atoms with Crippen LogP contribution in [0, 0.1) is 5.92 Å². The van der Waals surface area contributed by atoms with Crippen LogP contribution < -0.4 is 5.32 Å². The first kappa shape index (κ1) is 12.9. The fraction of sp³-hybridized carbons (Fsp3) is 0.571. The molecule has 0 radical (unpaired) electrons. The Morgan fingerprint density at radius 2 is 2.18 bits per heavy atom. The van der Waals surface area contributed by atoms with Gasteiger partial charge in [-0.25, -0.2) is 0 Å². The predicted octanol–water partition coefficient (Wildman–Crippen LogP) is 2.90. The zero-order chi connectivity index (χ0) is 12.1. The highest BCUT2D eigenvalue weighted by Crippen LogP contribution is 2.21. The first-order chi connectivity index (χ1) is 8.29. The van der Waals surface area contributed by atoms with Crippen molar-refractivity contribution >= 4 is 11.6 Å². The number of likely N-dealkylation sites (N-methyl/N-ethyl adjacent to an activating group) is 1. The molecule has 1 aromatic rings. The van der Waals surface area contributed by atoms with Crippen LogP contribution in [-0.4, -0.2) is 26.3 Å². The smallest absolute Gasteiger partial charge is 0.0509 e. The third kappa shape index (κ3) is 3.70. The topological polar surface area (TPSA) is 21.3 Å². The normalized spacial score (nSPS) is 22.4. The Balaban J connectivity index is 1.96. The summed E-state index contributed by atoms with van der Waals surface area (Å²) in [6.45, 7) is 1.81. The van der Waals surface area contributed by atoms with E-state index in [9.17, 15) is 0 Å². The summed E-state index contributed by atoms with van der Waals surface area (Å²) < 4.78 is 5.56. The maximum absolute atomic E-state index is 5.90. The number of nitrogens with one attached hydrogen (secondary N) is 1. The van der Waals surface area contributed by atoms with E-state index in [1.54, 1.807) is 0 Å². The minimum absolute atomic E-state index is 0.497. The van der Waals surface area contributed by atoms with Gasteiger partial charge in [0.15, 0.2) is 0 Å². The summed E-state index contributed by atoms with van der Waals surface area (Å²) in [5.74, 6) is 0.629. The Bertz CT molecular complexity index is 333. The zero-order valence-electron chi connectivity index (χ0n) is 10.3.